The Kier molecular flexibility index (Phi) is 5.39. The Labute approximate surface area is 164 Å². The first-order chi connectivity index (χ1) is 13.8. The van der Waals surface area contributed by atoms with Gasteiger partial charge in [0.1, 0.15) is 5.75 Å². The Morgan fingerprint density at radius 3 is 2.57 bits per heavy atom. The fraction of sp³-hybridized carbons (Fsp3) is 0.273. The average Bonchev–Trinajstić information content (AvgIpc) is 3.02. The molecule has 0 aliphatic carbocycles. The number of nitrogens with one attached hydrogen (secondary N) is 1. The molecule has 2 heterocycles. The molecule has 0 bridgehead atoms. The van der Waals surface area contributed by atoms with Crippen molar-refractivity contribution in [2.45, 2.75) is 6.42 Å². The van der Waals surface area contributed by atoms with Crippen LogP contribution in [0.1, 0.15) is 16.9 Å². The number of ether oxygens (including phenoxy) is 1. The van der Waals surface area contributed by atoms with E-state index in [1.165, 1.54) is 0 Å². The van der Waals surface area contributed by atoms with Gasteiger partial charge >= 0.3 is 0 Å². The van der Waals surface area contributed by atoms with Crippen LogP contribution in [0.2, 0.25) is 0 Å². The van der Waals surface area contributed by atoms with Gasteiger partial charge in [-0.2, -0.15) is 5.10 Å². The lowest BCUT2D eigenvalue weighted by molar-refractivity contribution is 0.0760. The predicted molar refractivity (Wildman–Crippen MR) is 109 cm³/mol. The predicted octanol–water partition coefficient (Wildman–Crippen LogP) is 2.98. The van der Waals surface area contributed by atoms with Crippen LogP contribution in [0.3, 0.4) is 0 Å². The zero-order valence-corrected chi connectivity index (χ0v) is 16.0. The van der Waals surface area contributed by atoms with Crippen molar-refractivity contribution in [2.75, 3.05) is 33.3 Å². The molecule has 0 unspecified atom stereocenters. The van der Waals surface area contributed by atoms with Crippen molar-refractivity contribution in [3.05, 3.63) is 66.4 Å². The van der Waals surface area contributed by atoms with Gasteiger partial charge in [0.05, 0.1) is 18.5 Å². The minimum Gasteiger partial charge on any atom is -0.497 e. The van der Waals surface area contributed by atoms with Crippen LogP contribution in [0, 0.1) is 0 Å². The van der Waals surface area contributed by atoms with E-state index in [0.717, 1.165) is 48.7 Å². The third kappa shape index (κ3) is 3.77. The number of benzene rings is 2. The summed E-state index contributed by atoms with van der Waals surface area (Å²) in [5.74, 6) is 0.774. The smallest absolute Gasteiger partial charge is 0.274 e. The van der Waals surface area contributed by atoms with Crippen molar-refractivity contribution in [3.63, 3.8) is 0 Å². The van der Waals surface area contributed by atoms with Crippen molar-refractivity contribution in [1.29, 1.82) is 0 Å². The van der Waals surface area contributed by atoms with Crippen molar-refractivity contribution < 1.29 is 9.53 Å². The van der Waals surface area contributed by atoms with Crippen molar-refractivity contribution in [1.82, 2.24) is 20.0 Å². The molecule has 6 heteroatoms. The zero-order valence-electron chi connectivity index (χ0n) is 16.0. The summed E-state index contributed by atoms with van der Waals surface area (Å²) in [5, 5.41) is 8.01. The molecule has 1 amide bonds. The lowest BCUT2D eigenvalue weighted by Gasteiger charge is -2.18. The zero-order chi connectivity index (χ0) is 19.3. The van der Waals surface area contributed by atoms with Crippen LogP contribution in [0.25, 0.3) is 16.9 Å². The van der Waals surface area contributed by atoms with Crippen LogP contribution in [0.15, 0.2) is 60.7 Å². The summed E-state index contributed by atoms with van der Waals surface area (Å²) in [7, 11) is 1.65. The minimum atomic E-state index is -0.0202. The maximum atomic E-state index is 13.1. The summed E-state index contributed by atoms with van der Waals surface area (Å²) >= 11 is 0. The molecule has 1 saturated heterocycles. The van der Waals surface area contributed by atoms with Gasteiger partial charge in [0, 0.05) is 25.2 Å². The average molecular weight is 376 g/mol. The quantitative estimate of drug-likeness (QED) is 0.761. The van der Waals surface area contributed by atoms with E-state index in [4.69, 9.17) is 4.74 Å². The van der Waals surface area contributed by atoms with Gasteiger partial charge in [-0.05, 0) is 55.4 Å². The number of aromatic nitrogens is 2. The summed E-state index contributed by atoms with van der Waals surface area (Å²) in [4.78, 5) is 15.0. The van der Waals surface area contributed by atoms with Gasteiger partial charge < -0.3 is 15.0 Å². The highest BCUT2D eigenvalue weighted by molar-refractivity contribution is 5.93. The molecule has 0 spiro atoms. The molecule has 2 aromatic carbocycles. The van der Waals surface area contributed by atoms with Gasteiger partial charge in [-0.25, -0.2) is 4.68 Å². The van der Waals surface area contributed by atoms with Crippen LogP contribution >= 0.6 is 0 Å². The van der Waals surface area contributed by atoms with Crippen LogP contribution < -0.4 is 10.1 Å². The number of carbonyl (C=O) groups excluding carboxylic acids is 1. The van der Waals surface area contributed by atoms with Crippen molar-refractivity contribution in [2.24, 2.45) is 0 Å². The molecular formula is C22H24N4O2. The first kappa shape index (κ1) is 18.3. The second-order valence-corrected chi connectivity index (χ2v) is 6.79. The highest BCUT2D eigenvalue weighted by atomic mass is 16.5. The number of hydrogen-bond donors (Lipinski definition) is 1. The van der Waals surface area contributed by atoms with Gasteiger partial charge in [0.15, 0.2) is 5.69 Å². The Morgan fingerprint density at radius 1 is 1.04 bits per heavy atom. The molecule has 1 fully saturated rings. The second-order valence-electron chi connectivity index (χ2n) is 6.79. The maximum Gasteiger partial charge on any atom is 0.274 e. The number of para-hydroxylation sites is 1. The Morgan fingerprint density at radius 2 is 1.82 bits per heavy atom. The molecule has 4 rings (SSSR count). The summed E-state index contributed by atoms with van der Waals surface area (Å²) in [5.41, 5.74) is 3.25. The Balaban J connectivity index is 1.74. The van der Waals surface area contributed by atoms with Crippen molar-refractivity contribution >= 4 is 5.91 Å². The standard InChI is InChI=1S/C22H24N4O2/c1-28-19-10-8-17(9-11-19)21-16-20(22(27)25-14-5-12-23-13-15-25)24-26(21)18-6-3-2-4-7-18/h2-4,6-11,16,23H,5,12-15H2,1H3. The van der Waals surface area contributed by atoms with E-state index in [2.05, 4.69) is 10.4 Å². The van der Waals surface area contributed by atoms with E-state index < -0.39 is 0 Å². The monoisotopic (exact) mass is 376 g/mol. The van der Waals surface area contributed by atoms with Gasteiger partial charge in [0.2, 0.25) is 0 Å². The number of carbonyl (C=O) groups is 1. The first-order valence-corrected chi connectivity index (χ1v) is 9.56. The van der Waals surface area contributed by atoms with Crippen LogP contribution in [-0.4, -0.2) is 53.9 Å². The molecule has 0 atom stereocenters. The number of amides is 1. The summed E-state index contributed by atoms with van der Waals surface area (Å²) in [6, 6.07) is 19.6. The molecule has 144 valence electrons. The lowest BCUT2D eigenvalue weighted by atomic mass is 10.1. The molecule has 1 aromatic heterocycles. The highest BCUT2D eigenvalue weighted by Crippen LogP contribution is 2.26. The van der Waals surface area contributed by atoms with Crippen LogP contribution in [0.5, 0.6) is 5.75 Å². The number of nitrogens with zero attached hydrogens (tertiary/aromatic N) is 3. The molecule has 0 radical (unpaired) electrons. The fourth-order valence-electron chi connectivity index (χ4n) is 3.43. The number of rotatable bonds is 4. The third-order valence-electron chi connectivity index (χ3n) is 4.94. The van der Waals surface area contributed by atoms with E-state index in [-0.39, 0.29) is 5.91 Å². The summed E-state index contributed by atoms with van der Waals surface area (Å²) < 4.78 is 7.10. The summed E-state index contributed by atoms with van der Waals surface area (Å²) in [6.07, 6.45) is 0.955. The van der Waals surface area contributed by atoms with E-state index >= 15 is 0 Å². The number of hydrogen-bond acceptors (Lipinski definition) is 4. The molecule has 6 nitrogen and oxygen atoms in total. The van der Waals surface area contributed by atoms with E-state index in [9.17, 15) is 4.79 Å². The van der Waals surface area contributed by atoms with E-state index in [0.29, 0.717) is 12.2 Å². The molecule has 3 aromatic rings. The molecule has 0 saturated carbocycles. The summed E-state index contributed by atoms with van der Waals surface area (Å²) in [6.45, 7) is 3.21. The topological polar surface area (TPSA) is 59.4 Å². The SMILES string of the molecule is COc1ccc(-c2cc(C(=O)N3CCCNCC3)nn2-c2ccccc2)cc1. The fourth-order valence-corrected chi connectivity index (χ4v) is 3.43. The van der Waals surface area contributed by atoms with Gasteiger partial charge in [-0.3, -0.25) is 4.79 Å². The first-order valence-electron chi connectivity index (χ1n) is 9.56. The van der Waals surface area contributed by atoms with Gasteiger partial charge in [-0.1, -0.05) is 18.2 Å². The Hall–Kier alpha value is -3.12. The van der Waals surface area contributed by atoms with Crippen LogP contribution in [0.4, 0.5) is 0 Å². The highest BCUT2D eigenvalue weighted by Gasteiger charge is 2.22. The molecule has 1 N–H and O–H groups in total. The third-order valence-corrected chi connectivity index (χ3v) is 4.94. The lowest BCUT2D eigenvalue weighted by Crippen LogP contribution is -2.34. The van der Waals surface area contributed by atoms with E-state index in [1.54, 1.807) is 7.11 Å². The van der Waals surface area contributed by atoms with Gasteiger partial charge in [0.25, 0.3) is 5.91 Å². The van der Waals surface area contributed by atoms with Crippen LogP contribution in [-0.2, 0) is 0 Å². The molecule has 28 heavy (non-hydrogen) atoms. The molecule has 1 aliphatic heterocycles. The molecule has 1 aliphatic rings. The minimum absolute atomic E-state index is 0.0202. The van der Waals surface area contributed by atoms with E-state index in [1.807, 2.05) is 70.2 Å². The molecular weight excluding hydrogens is 352 g/mol. The van der Waals surface area contributed by atoms with Gasteiger partial charge in [-0.15, -0.1) is 0 Å². The van der Waals surface area contributed by atoms with Crippen molar-refractivity contribution in [3.8, 4) is 22.7 Å². The number of methoxy groups -OCH3 is 1. The normalized spacial score (nSPS) is 14.5. The Bertz CT molecular complexity index is 927. The largest absolute Gasteiger partial charge is 0.497 e. The maximum absolute atomic E-state index is 13.1. The second kappa shape index (κ2) is 8.27.